The van der Waals surface area contributed by atoms with Crippen molar-refractivity contribution in [2.45, 2.75) is 25.8 Å². The van der Waals surface area contributed by atoms with Crippen molar-refractivity contribution in [3.63, 3.8) is 0 Å². The minimum absolute atomic E-state index is 0.0553. The number of carbonyl (C=O) groups excluding carboxylic acids is 2. The smallest absolute Gasteiger partial charge is 0.258 e. The molecular weight excluding hydrogens is 431 g/mol. The summed E-state index contributed by atoms with van der Waals surface area (Å²) >= 11 is 12.0. The zero-order valence-corrected chi connectivity index (χ0v) is 18.6. The van der Waals surface area contributed by atoms with Gasteiger partial charge in [0.2, 0.25) is 0 Å². The summed E-state index contributed by atoms with van der Waals surface area (Å²) in [4.78, 5) is 27.4. The molecule has 1 N–H and O–H groups in total. The molecule has 0 bridgehead atoms. The van der Waals surface area contributed by atoms with E-state index < -0.39 is 0 Å². The minimum atomic E-state index is -0.174. The van der Waals surface area contributed by atoms with Crippen LogP contribution in [0, 0.1) is 0 Å². The molecule has 0 fully saturated rings. The fraction of sp³-hybridized carbons (Fsp3) is 0.200. The zero-order valence-electron chi connectivity index (χ0n) is 17.1. The summed E-state index contributed by atoms with van der Waals surface area (Å²) in [5.74, 6) is -0.208. The van der Waals surface area contributed by atoms with Crippen LogP contribution < -0.4 is 10.2 Å². The van der Waals surface area contributed by atoms with Crippen molar-refractivity contribution in [1.82, 2.24) is 5.32 Å². The quantitative estimate of drug-likeness (QED) is 0.521. The largest absolute Gasteiger partial charge is 0.346 e. The maximum atomic E-state index is 13.1. The monoisotopic (exact) mass is 452 g/mol. The van der Waals surface area contributed by atoms with Gasteiger partial charge >= 0.3 is 0 Å². The third kappa shape index (κ3) is 4.76. The van der Waals surface area contributed by atoms with Crippen LogP contribution in [0.2, 0.25) is 10.0 Å². The fourth-order valence-electron chi connectivity index (χ4n) is 3.84. The summed E-state index contributed by atoms with van der Waals surface area (Å²) in [6, 6.07) is 19.7. The van der Waals surface area contributed by atoms with E-state index >= 15 is 0 Å². The zero-order chi connectivity index (χ0) is 22.0. The molecule has 0 aliphatic carbocycles. The third-order valence-corrected chi connectivity index (χ3v) is 5.98. The van der Waals surface area contributed by atoms with Crippen molar-refractivity contribution in [2.75, 3.05) is 11.4 Å². The number of carbonyl (C=O) groups is 2. The molecule has 2 amide bonds. The molecule has 31 heavy (non-hydrogen) atoms. The summed E-state index contributed by atoms with van der Waals surface area (Å²) in [5, 5.41) is 4.17. The Balaban J connectivity index is 1.53. The molecule has 0 saturated heterocycles. The summed E-state index contributed by atoms with van der Waals surface area (Å²) in [6.07, 6.45) is 1.77. The molecule has 0 saturated carbocycles. The predicted molar refractivity (Wildman–Crippen MR) is 125 cm³/mol. The molecule has 1 aliphatic heterocycles. The number of hydrogen-bond donors (Lipinski definition) is 1. The lowest BCUT2D eigenvalue weighted by molar-refractivity contribution is 0.0938. The summed E-state index contributed by atoms with van der Waals surface area (Å²) in [6.45, 7) is 2.62. The molecule has 4 rings (SSSR count). The van der Waals surface area contributed by atoms with Gasteiger partial charge in [-0.25, -0.2) is 0 Å². The van der Waals surface area contributed by atoms with Gasteiger partial charge in [-0.15, -0.1) is 0 Å². The molecule has 0 radical (unpaired) electrons. The van der Waals surface area contributed by atoms with Gasteiger partial charge in [-0.1, -0.05) is 41.4 Å². The van der Waals surface area contributed by atoms with Crippen molar-refractivity contribution in [3.8, 4) is 0 Å². The lowest BCUT2D eigenvalue weighted by Gasteiger charge is -2.30. The Morgan fingerprint density at radius 2 is 1.71 bits per heavy atom. The van der Waals surface area contributed by atoms with E-state index in [1.807, 2.05) is 24.0 Å². The van der Waals surface area contributed by atoms with Gasteiger partial charge in [0.05, 0.1) is 6.04 Å². The number of rotatable bonds is 4. The van der Waals surface area contributed by atoms with Gasteiger partial charge in [-0.3, -0.25) is 9.59 Å². The second kappa shape index (κ2) is 9.13. The summed E-state index contributed by atoms with van der Waals surface area (Å²) < 4.78 is 0. The second-order valence-corrected chi connectivity index (χ2v) is 8.53. The average Bonchev–Trinajstić information content (AvgIpc) is 2.78. The van der Waals surface area contributed by atoms with Crippen LogP contribution in [0.1, 0.15) is 51.2 Å². The molecule has 158 valence electrons. The molecular formula is C25H22Cl2N2O2. The second-order valence-electron chi connectivity index (χ2n) is 7.66. The number of nitrogens with one attached hydrogen (secondary N) is 1. The molecule has 1 atom stereocenters. The van der Waals surface area contributed by atoms with Crippen LogP contribution in [0.3, 0.4) is 0 Å². The first-order chi connectivity index (χ1) is 14.9. The number of amides is 2. The van der Waals surface area contributed by atoms with E-state index in [-0.39, 0.29) is 17.9 Å². The highest BCUT2D eigenvalue weighted by Crippen LogP contribution is 2.31. The van der Waals surface area contributed by atoms with Gasteiger partial charge in [0.1, 0.15) is 0 Å². The van der Waals surface area contributed by atoms with Crippen LogP contribution in [0.5, 0.6) is 0 Å². The number of anilines is 1. The Hall–Kier alpha value is -2.82. The average molecular weight is 453 g/mol. The Morgan fingerprint density at radius 3 is 2.45 bits per heavy atom. The van der Waals surface area contributed by atoms with Crippen LogP contribution in [-0.2, 0) is 6.42 Å². The van der Waals surface area contributed by atoms with E-state index in [1.54, 1.807) is 48.5 Å². The summed E-state index contributed by atoms with van der Waals surface area (Å²) in [7, 11) is 0. The van der Waals surface area contributed by atoms with Crippen LogP contribution in [0.4, 0.5) is 5.69 Å². The molecule has 1 aliphatic rings. The van der Waals surface area contributed by atoms with E-state index in [4.69, 9.17) is 23.2 Å². The van der Waals surface area contributed by atoms with E-state index in [2.05, 4.69) is 11.4 Å². The van der Waals surface area contributed by atoms with Gasteiger partial charge in [0.15, 0.2) is 0 Å². The Labute approximate surface area is 191 Å². The highest BCUT2D eigenvalue weighted by molar-refractivity contribution is 6.31. The molecule has 3 aromatic rings. The highest BCUT2D eigenvalue weighted by Gasteiger charge is 2.24. The number of aryl methyl sites for hydroxylation is 1. The van der Waals surface area contributed by atoms with Crippen molar-refractivity contribution >= 4 is 40.7 Å². The van der Waals surface area contributed by atoms with E-state index in [1.165, 1.54) is 0 Å². The summed E-state index contributed by atoms with van der Waals surface area (Å²) in [5.41, 5.74) is 4.15. The number of benzene rings is 3. The van der Waals surface area contributed by atoms with Crippen molar-refractivity contribution in [3.05, 3.63) is 99.0 Å². The maximum Gasteiger partial charge on any atom is 0.258 e. The lowest BCUT2D eigenvalue weighted by Crippen LogP contribution is -2.35. The van der Waals surface area contributed by atoms with Crippen LogP contribution in [-0.4, -0.2) is 18.4 Å². The van der Waals surface area contributed by atoms with Crippen molar-refractivity contribution < 1.29 is 9.59 Å². The van der Waals surface area contributed by atoms with Crippen LogP contribution >= 0.6 is 23.2 Å². The van der Waals surface area contributed by atoms with E-state index in [0.717, 1.165) is 29.7 Å². The standard InChI is InChI=1S/C25H22Cl2N2O2/c1-16(28-24(30)17-7-10-21(26)11-8-17)18-9-12-23-19(14-18)5-3-13-29(23)25(31)20-4-2-6-22(27)15-20/h2,4,6-12,14-16H,3,5,13H2,1H3,(H,28,30)/t16-/m0/s1. The number of fused-ring (bicyclic) bond motifs is 1. The molecule has 0 aromatic heterocycles. The Bertz CT molecular complexity index is 1130. The van der Waals surface area contributed by atoms with Crippen LogP contribution in [0.15, 0.2) is 66.7 Å². The highest BCUT2D eigenvalue weighted by atomic mass is 35.5. The van der Waals surface area contributed by atoms with Gasteiger partial charge in [0, 0.05) is 33.4 Å². The first-order valence-electron chi connectivity index (χ1n) is 10.2. The lowest BCUT2D eigenvalue weighted by atomic mass is 9.96. The molecule has 0 unspecified atom stereocenters. The molecule has 6 heteroatoms. The van der Waals surface area contributed by atoms with Crippen LogP contribution in [0.25, 0.3) is 0 Å². The first kappa shape index (κ1) is 21.4. The molecule has 0 spiro atoms. The number of hydrogen-bond acceptors (Lipinski definition) is 2. The number of nitrogens with zero attached hydrogens (tertiary/aromatic N) is 1. The topological polar surface area (TPSA) is 49.4 Å². The van der Waals surface area contributed by atoms with E-state index in [0.29, 0.717) is 27.7 Å². The molecule has 1 heterocycles. The number of halogens is 2. The predicted octanol–water partition coefficient (Wildman–Crippen LogP) is 6.08. The Kier molecular flexibility index (Phi) is 6.30. The van der Waals surface area contributed by atoms with Gasteiger partial charge in [0.25, 0.3) is 11.8 Å². The molecule has 3 aromatic carbocycles. The van der Waals surface area contributed by atoms with Gasteiger partial charge in [-0.2, -0.15) is 0 Å². The van der Waals surface area contributed by atoms with Crippen molar-refractivity contribution in [2.24, 2.45) is 0 Å². The SMILES string of the molecule is C[C@H](NC(=O)c1ccc(Cl)cc1)c1ccc2c(c1)CCCN2C(=O)c1cccc(Cl)c1. The third-order valence-electron chi connectivity index (χ3n) is 5.49. The maximum absolute atomic E-state index is 13.1. The van der Waals surface area contributed by atoms with Gasteiger partial charge in [-0.05, 0) is 79.4 Å². The normalized spacial score (nSPS) is 14.0. The molecule has 4 nitrogen and oxygen atoms in total. The van der Waals surface area contributed by atoms with Crippen molar-refractivity contribution in [1.29, 1.82) is 0 Å². The Morgan fingerprint density at radius 1 is 0.935 bits per heavy atom. The van der Waals surface area contributed by atoms with Gasteiger partial charge < -0.3 is 10.2 Å². The van der Waals surface area contributed by atoms with E-state index in [9.17, 15) is 9.59 Å². The fourth-order valence-corrected chi connectivity index (χ4v) is 4.16. The first-order valence-corrected chi connectivity index (χ1v) is 10.9. The minimum Gasteiger partial charge on any atom is -0.346 e.